The minimum atomic E-state index is 0.118. The molecule has 104 valence electrons. The van der Waals surface area contributed by atoms with Gasteiger partial charge in [-0.1, -0.05) is 6.07 Å². The molecule has 2 N–H and O–H groups in total. The first-order valence-corrected chi connectivity index (χ1v) is 6.76. The van der Waals surface area contributed by atoms with Crippen molar-refractivity contribution in [3.8, 4) is 5.75 Å². The van der Waals surface area contributed by atoms with Crippen molar-refractivity contribution >= 4 is 5.78 Å². The van der Waals surface area contributed by atoms with Crippen LogP contribution < -0.4 is 10.5 Å². The Kier molecular flexibility index (Phi) is 4.56. The van der Waals surface area contributed by atoms with Crippen molar-refractivity contribution in [3.05, 3.63) is 29.3 Å². The molecule has 0 atom stereocenters. The maximum absolute atomic E-state index is 12.3. The molecule has 0 bridgehead atoms. The Morgan fingerprint density at radius 2 is 2.11 bits per heavy atom. The molecule has 2 rings (SSSR count). The molecule has 4 nitrogen and oxygen atoms in total. The highest BCUT2D eigenvalue weighted by Gasteiger charge is 2.20. The second-order valence-electron chi connectivity index (χ2n) is 5.24. The van der Waals surface area contributed by atoms with E-state index in [0.29, 0.717) is 23.9 Å². The standard InChI is InChI=1S/C15H22N2O2/c1-11-3-4-13(15(9-11)19-2)14(18)10-17-7-5-12(16)6-8-17/h3-4,9,12H,5-8,10,16H2,1-2H3. The lowest BCUT2D eigenvalue weighted by molar-refractivity contribution is 0.0907. The molecule has 0 spiro atoms. The molecule has 1 aromatic carbocycles. The molecule has 1 fully saturated rings. The Labute approximate surface area is 114 Å². The summed E-state index contributed by atoms with van der Waals surface area (Å²) in [6.45, 7) is 4.25. The minimum Gasteiger partial charge on any atom is -0.496 e. The molecule has 1 aliphatic heterocycles. The predicted octanol–water partition coefficient (Wildman–Crippen LogP) is 1.61. The molecular weight excluding hydrogens is 240 g/mol. The molecule has 1 heterocycles. The highest BCUT2D eigenvalue weighted by molar-refractivity contribution is 6.00. The van der Waals surface area contributed by atoms with Gasteiger partial charge < -0.3 is 10.5 Å². The number of Topliss-reactive ketones (excluding diaryl/α,β-unsaturated/α-hetero) is 1. The van der Waals surface area contributed by atoms with Gasteiger partial charge in [0, 0.05) is 19.1 Å². The van der Waals surface area contributed by atoms with Crippen molar-refractivity contribution in [2.75, 3.05) is 26.7 Å². The van der Waals surface area contributed by atoms with Crippen LogP contribution in [0.3, 0.4) is 0 Å². The first-order valence-electron chi connectivity index (χ1n) is 6.76. The van der Waals surface area contributed by atoms with E-state index in [1.807, 2.05) is 25.1 Å². The third-order valence-electron chi connectivity index (χ3n) is 3.66. The van der Waals surface area contributed by atoms with Crippen molar-refractivity contribution in [1.82, 2.24) is 4.90 Å². The van der Waals surface area contributed by atoms with Crippen molar-refractivity contribution < 1.29 is 9.53 Å². The van der Waals surface area contributed by atoms with E-state index in [1.54, 1.807) is 7.11 Å². The van der Waals surface area contributed by atoms with Gasteiger partial charge in [0.1, 0.15) is 5.75 Å². The van der Waals surface area contributed by atoms with Crippen LogP contribution in [0.2, 0.25) is 0 Å². The number of benzene rings is 1. The van der Waals surface area contributed by atoms with E-state index < -0.39 is 0 Å². The Morgan fingerprint density at radius 3 is 2.74 bits per heavy atom. The number of aryl methyl sites for hydroxylation is 1. The predicted molar refractivity (Wildman–Crippen MR) is 75.7 cm³/mol. The van der Waals surface area contributed by atoms with Crippen LogP contribution >= 0.6 is 0 Å². The highest BCUT2D eigenvalue weighted by Crippen LogP contribution is 2.21. The minimum absolute atomic E-state index is 0.118. The number of hydrogen-bond donors (Lipinski definition) is 1. The van der Waals surface area contributed by atoms with Gasteiger partial charge in [-0.05, 0) is 37.5 Å². The van der Waals surface area contributed by atoms with Gasteiger partial charge in [-0.15, -0.1) is 0 Å². The zero-order chi connectivity index (χ0) is 13.8. The topological polar surface area (TPSA) is 55.6 Å². The summed E-state index contributed by atoms with van der Waals surface area (Å²) in [6, 6.07) is 5.99. The van der Waals surface area contributed by atoms with Crippen LogP contribution in [0, 0.1) is 6.92 Å². The summed E-state index contributed by atoms with van der Waals surface area (Å²) in [5.74, 6) is 0.783. The lowest BCUT2D eigenvalue weighted by Gasteiger charge is -2.29. The van der Waals surface area contributed by atoms with Gasteiger partial charge in [-0.25, -0.2) is 0 Å². The zero-order valence-electron chi connectivity index (χ0n) is 11.7. The maximum atomic E-state index is 12.3. The molecular formula is C15H22N2O2. The summed E-state index contributed by atoms with van der Waals surface area (Å²) in [6.07, 6.45) is 1.94. The summed E-state index contributed by atoms with van der Waals surface area (Å²) < 4.78 is 5.29. The second kappa shape index (κ2) is 6.17. The van der Waals surface area contributed by atoms with Crippen molar-refractivity contribution in [2.45, 2.75) is 25.8 Å². The van der Waals surface area contributed by atoms with E-state index in [-0.39, 0.29) is 5.78 Å². The largest absolute Gasteiger partial charge is 0.496 e. The van der Waals surface area contributed by atoms with Crippen LogP contribution in [0.25, 0.3) is 0 Å². The number of carbonyl (C=O) groups excluding carboxylic acids is 1. The number of nitrogens with zero attached hydrogens (tertiary/aromatic N) is 1. The van der Waals surface area contributed by atoms with E-state index in [0.717, 1.165) is 31.5 Å². The number of hydrogen-bond acceptors (Lipinski definition) is 4. The number of likely N-dealkylation sites (tertiary alicyclic amines) is 1. The number of rotatable bonds is 4. The van der Waals surface area contributed by atoms with Crippen molar-refractivity contribution in [3.63, 3.8) is 0 Å². The van der Waals surface area contributed by atoms with E-state index in [2.05, 4.69) is 4.90 Å². The maximum Gasteiger partial charge on any atom is 0.180 e. The van der Waals surface area contributed by atoms with Gasteiger partial charge in [0.15, 0.2) is 5.78 Å². The summed E-state index contributed by atoms with van der Waals surface area (Å²) in [5, 5.41) is 0. The van der Waals surface area contributed by atoms with E-state index in [4.69, 9.17) is 10.5 Å². The summed E-state index contributed by atoms with van der Waals surface area (Å²) in [7, 11) is 1.60. The van der Waals surface area contributed by atoms with Gasteiger partial charge in [-0.3, -0.25) is 9.69 Å². The normalized spacial score (nSPS) is 17.4. The monoisotopic (exact) mass is 262 g/mol. The summed E-state index contributed by atoms with van der Waals surface area (Å²) in [4.78, 5) is 14.5. The summed E-state index contributed by atoms with van der Waals surface area (Å²) >= 11 is 0. The Bertz CT molecular complexity index is 451. The lowest BCUT2D eigenvalue weighted by Crippen LogP contribution is -2.41. The third-order valence-corrected chi connectivity index (χ3v) is 3.66. The second-order valence-corrected chi connectivity index (χ2v) is 5.24. The fourth-order valence-electron chi connectivity index (χ4n) is 2.43. The van der Waals surface area contributed by atoms with Crippen LogP contribution in [0.4, 0.5) is 0 Å². The molecule has 1 aromatic rings. The summed E-state index contributed by atoms with van der Waals surface area (Å²) in [5.41, 5.74) is 7.63. The van der Waals surface area contributed by atoms with Gasteiger partial charge in [0.2, 0.25) is 0 Å². The fourth-order valence-corrected chi connectivity index (χ4v) is 2.43. The van der Waals surface area contributed by atoms with Gasteiger partial charge in [0.05, 0.1) is 19.2 Å². The molecule has 0 amide bonds. The van der Waals surface area contributed by atoms with E-state index in [1.165, 1.54) is 0 Å². The molecule has 1 aliphatic rings. The Balaban J connectivity index is 2.03. The number of ether oxygens (including phenoxy) is 1. The fraction of sp³-hybridized carbons (Fsp3) is 0.533. The first-order chi connectivity index (χ1) is 9.10. The van der Waals surface area contributed by atoms with Crippen molar-refractivity contribution in [1.29, 1.82) is 0 Å². The molecule has 0 unspecified atom stereocenters. The third kappa shape index (κ3) is 3.55. The van der Waals surface area contributed by atoms with Gasteiger partial charge >= 0.3 is 0 Å². The number of piperidine rings is 1. The van der Waals surface area contributed by atoms with Crippen LogP contribution in [-0.4, -0.2) is 43.5 Å². The molecule has 0 saturated carbocycles. The molecule has 1 saturated heterocycles. The average molecular weight is 262 g/mol. The van der Waals surface area contributed by atoms with Crippen LogP contribution in [0.1, 0.15) is 28.8 Å². The molecule has 0 aliphatic carbocycles. The molecule has 0 aromatic heterocycles. The van der Waals surface area contributed by atoms with E-state index in [9.17, 15) is 4.79 Å². The van der Waals surface area contributed by atoms with E-state index >= 15 is 0 Å². The van der Waals surface area contributed by atoms with Crippen LogP contribution in [-0.2, 0) is 0 Å². The van der Waals surface area contributed by atoms with Gasteiger partial charge in [-0.2, -0.15) is 0 Å². The zero-order valence-corrected chi connectivity index (χ0v) is 11.7. The smallest absolute Gasteiger partial charge is 0.180 e. The van der Waals surface area contributed by atoms with Crippen molar-refractivity contribution in [2.24, 2.45) is 5.73 Å². The van der Waals surface area contributed by atoms with Gasteiger partial charge in [0.25, 0.3) is 0 Å². The number of carbonyl (C=O) groups is 1. The Morgan fingerprint density at radius 1 is 1.42 bits per heavy atom. The average Bonchev–Trinajstić information content (AvgIpc) is 2.41. The highest BCUT2D eigenvalue weighted by atomic mass is 16.5. The molecule has 19 heavy (non-hydrogen) atoms. The van der Waals surface area contributed by atoms with Crippen LogP contribution in [0.15, 0.2) is 18.2 Å². The quantitative estimate of drug-likeness (QED) is 0.838. The molecule has 0 radical (unpaired) electrons. The SMILES string of the molecule is COc1cc(C)ccc1C(=O)CN1CCC(N)CC1. The molecule has 4 heteroatoms. The number of ketones is 1. The lowest BCUT2D eigenvalue weighted by atomic mass is 10.0. The van der Waals surface area contributed by atoms with Crippen LogP contribution in [0.5, 0.6) is 5.75 Å². The Hall–Kier alpha value is -1.39. The first kappa shape index (κ1) is 14.0. The number of methoxy groups -OCH3 is 1. The number of nitrogens with two attached hydrogens (primary N) is 1.